The van der Waals surface area contributed by atoms with Crippen molar-refractivity contribution in [1.29, 1.82) is 0 Å². The summed E-state index contributed by atoms with van der Waals surface area (Å²) in [5.74, 6) is 0.762. The molecule has 1 aromatic heterocycles. The van der Waals surface area contributed by atoms with Gasteiger partial charge in [0.05, 0.1) is 23.0 Å². The minimum atomic E-state index is -0.309. The van der Waals surface area contributed by atoms with Gasteiger partial charge in [0.1, 0.15) is 6.61 Å². The third kappa shape index (κ3) is 5.77. The lowest BCUT2D eigenvalue weighted by molar-refractivity contribution is -0.123. The first-order valence-corrected chi connectivity index (χ1v) is 12.5. The van der Waals surface area contributed by atoms with Crippen LogP contribution in [0.3, 0.4) is 0 Å². The summed E-state index contributed by atoms with van der Waals surface area (Å²) in [4.78, 5) is 31.0. The highest BCUT2D eigenvalue weighted by molar-refractivity contribution is 14.1. The number of nitrogens with zero attached hydrogens (tertiary/aromatic N) is 2. The van der Waals surface area contributed by atoms with Crippen molar-refractivity contribution in [2.45, 2.75) is 13.2 Å². The number of imide groups is 1. The second-order valence-corrected chi connectivity index (χ2v) is 10.2. The molecule has 0 aliphatic carbocycles. The third-order valence-electron chi connectivity index (χ3n) is 4.81. The van der Waals surface area contributed by atoms with Crippen LogP contribution >= 0.6 is 50.3 Å². The van der Waals surface area contributed by atoms with Crippen molar-refractivity contribution < 1.29 is 19.1 Å². The van der Waals surface area contributed by atoms with Crippen LogP contribution in [-0.4, -0.2) is 28.1 Å². The second-order valence-electron chi connectivity index (χ2n) is 7.07. The van der Waals surface area contributed by atoms with Gasteiger partial charge in [-0.05, 0) is 109 Å². The van der Waals surface area contributed by atoms with Crippen LogP contribution in [0.1, 0.15) is 16.7 Å². The molecule has 3 aromatic rings. The monoisotopic (exact) mass is 636 g/mol. The van der Waals surface area contributed by atoms with Crippen molar-refractivity contribution >= 4 is 67.5 Å². The normalized spacial score (nSPS) is 14.8. The highest BCUT2D eigenvalue weighted by Gasteiger charge is 2.35. The third-order valence-corrected chi connectivity index (χ3v) is 7.03. The Kier molecular flexibility index (Phi) is 7.71. The zero-order chi connectivity index (χ0) is 23.4. The van der Waals surface area contributed by atoms with E-state index in [0.29, 0.717) is 27.5 Å². The topological polar surface area (TPSA) is 68.7 Å². The first kappa shape index (κ1) is 23.8. The first-order valence-electron chi connectivity index (χ1n) is 9.83. The van der Waals surface area contributed by atoms with E-state index in [1.54, 1.807) is 31.6 Å². The van der Waals surface area contributed by atoms with Gasteiger partial charge >= 0.3 is 0 Å². The number of amides is 2. The number of thioether (sulfide) groups is 1. The summed E-state index contributed by atoms with van der Waals surface area (Å²) < 4.78 is 13.2. The van der Waals surface area contributed by atoms with Crippen LogP contribution in [0.4, 0.5) is 4.79 Å². The fourth-order valence-corrected chi connectivity index (χ4v) is 4.93. The number of hydrogen-bond donors (Lipinski definition) is 0. The Balaban J connectivity index is 1.53. The average molecular weight is 637 g/mol. The van der Waals surface area contributed by atoms with Gasteiger partial charge in [0.25, 0.3) is 11.1 Å². The van der Waals surface area contributed by atoms with Crippen LogP contribution in [0.15, 0.2) is 70.3 Å². The molecule has 0 spiro atoms. The van der Waals surface area contributed by atoms with Crippen molar-refractivity contribution in [2.24, 2.45) is 0 Å². The summed E-state index contributed by atoms with van der Waals surface area (Å²) >= 11 is 6.69. The van der Waals surface area contributed by atoms with E-state index in [1.165, 1.54) is 4.90 Å². The highest BCUT2D eigenvalue weighted by atomic mass is 127. The predicted molar refractivity (Wildman–Crippen MR) is 140 cm³/mol. The van der Waals surface area contributed by atoms with Crippen molar-refractivity contribution in [3.63, 3.8) is 0 Å². The van der Waals surface area contributed by atoms with Crippen LogP contribution in [0.2, 0.25) is 0 Å². The number of methoxy groups -OCH3 is 1. The molecule has 2 aromatic carbocycles. The van der Waals surface area contributed by atoms with Gasteiger partial charge < -0.3 is 9.47 Å². The predicted octanol–water partition coefficient (Wildman–Crippen LogP) is 6.27. The summed E-state index contributed by atoms with van der Waals surface area (Å²) in [6.45, 7) is 0.599. The molecule has 1 aliphatic rings. The number of benzene rings is 2. The van der Waals surface area contributed by atoms with E-state index in [0.717, 1.165) is 32.0 Å². The maximum absolute atomic E-state index is 12.9. The lowest BCUT2D eigenvalue weighted by Crippen LogP contribution is -2.27. The molecule has 6 nitrogen and oxygen atoms in total. The van der Waals surface area contributed by atoms with Gasteiger partial charge in [-0.3, -0.25) is 19.5 Å². The van der Waals surface area contributed by atoms with Gasteiger partial charge in [-0.15, -0.1) is 0 Å². The minimum absolute atomic E-state index is 0.244. The molecular weight excluding hydrogens is 619 g/mol. The van der Waals surface area contributed by atoms with E-state index in [-0.39, 0.29) is 17.7 Å². The van der Waals surface area contributed by atoms with E-state index in [2.05, 4.69) is 43.5 Å². The molecule has 168 valence electrons. The summed E-state index contributed by atoms with van der Waals surface area (Å²) in [5.41, 5.74) is 2.60. The maximum atomic E-state index is 12.9. The molecule has 0 unspecified atom stereocenters. The lowest BCUT2D eigenvalue weighted by Gasteiger charge is -2.14. The number of halogens is 2. The van der Waals surface area contributed by atoms with E-state index in [1.807, 2.05) is 42.5 Å². The molecule has 1 aliphatic heterocycles. The standard InChI is InChI=1S/C24H18BrIN2O4S/c1-31-20-11-17(10-19(25)22(20)32-14-16-6-8-27-9-7-16)12-21-23(29)28(24(30)33-21)13-15-2-4-18(26)5-3-15/h2-12H,13-14H2,1H3/b21-12-. The van der Waals surface area contributed by atoms with Crippen molar-refractivity contribution in [1.82, 2.24) is 9.88 Å². The maximum Gasteiger partial charge on any atom is 0.293 e. The largest absolute Gasteiger partial charge is 0.493 e. The van der Waals surface area contributed by atoms with Crippen molar-refractivity contribution in [2.75, 3.05) is 7.11 Å². The Morgan fingerprint density at radius 1 is 1.09 bits per heavy atom. The fourth-order valence-electron chi connectivity index (χ4n) is 3.16. The summed E-state index contributed by atoms with van der Waals surface area (Å²) in [6, 6.07) is 15.1. The van der Waals surface area contributed by atoms with E-state index in [9.17, 15) is 9.59 Å². The molecule has 1 fully saturated rings. The Morgan fingerprint density at radius 2 is 1.82 bits per heavy atom. The zero-order valence-electron chi connectivity index (χ0n) is 17.5. The number of carbonyl (C=O) groups excluding carboxylic acids is 2. The van der Waals surface area contributed by atoms with Gasteiger partial charge in [-0.1, -0.05) is 12.1 Å². The fraction of sp³-hybridized carbons (Fsp3) is 0.125. The van der Waals surface area contributed by atoms with E-state index in [4.69, 9.17) is 9.47 Å². The number of hydrogen-bond acceptors (Lipinski definition) is 6. The molecule has 0 radical (unpaired) electrons. The van der Waals surface area contributed by atoms with E-state index >= 15 is 0 Å². The number of ether oxygens (including phenoxy) is 2. The molecule has 2 amide bonds. The van der Waals surface area contributed by atoms with Gasteiger partial charge in [0, 0.05) is 16.0 Å². The van der Waals surface area contributed by atoms with Gasteiger partial charge in [-0.25, -0.2) is 0 Å². The van der Waals surface area contributed by atoms with E-state index < -0.39 is 0 Å². The van der Waals surface area contributed by atoms with Crippen LogP contribution in [-0.2, 0) is 17.9 Å². The lowest BCUT2D eigenvalue weighted by atomic mass is 10.1. The van der Waals surface area contributed by atoms with Crippen LogP contribution < -0.4 is 9.47 Å². The molecule has 0 bridgehead atoms. The molecule has 4 rings (SSSR count). The van der Waals surface area contributed by atoms with Gasteiger partial charge in [0.2, 0.25) is 0 Å². The molecule has 1 saturated heterocycles. The molecule has 0 atom stereocenters. The van der Waals surface area contributed by atoms with Crippen LogP contribution in [0.5, 0.6) is 11.5 Å². The molecule has 0 saturated carbocycles. The quantitative estimate of drug-likeness (QED) is 0.225. The molecule has 9 heteroatoms. The van der Waals surface area contributed by atoms with Crippen LogP contribution in [0, 0.1) is 3.57 Å². The summed E-state index contributed by atoms with van der Waals surface area (Å²) in [6.07, 6.45) is 5.11. The summed E-state index contributed by atoms with van der Waals surface area (Å²) in [5, 5.41) is -0.284. The smallest absolute Gasteiger partial charge is 0.293 e. The Morgan fingerprint density at radius 3 is 2.52 bits per heavy atom. The first-order chi connectivity index (χ1) is 15.9. The summed E-state index contributed by atoms with van der Waals surface area (Å²) in [7, 11) is 1.56. The Hall–Kier alpha value is -2.37. The molecule has 0 N–H and O–H groups in total. The number of aromatic nitrogens is 1. The number of carbonyl (C=O) groups is 2. The van der Waals surface area contributed by atoms with Crippen LogP contribution in [0.25, 0.3) is 6.08 Å². The second kappa shape index (κ2) is 10.7. The molecular formula is C24H18BrIN2O4S. The SMILES string of the molecule is COc1cc(/C=C2\SC(=O)N(Cc3ccc(I)cc3)C2=O)cc(Br)c1OCc1ccncc1. The Labute approximate surface area is 217 Å². The Bertz CT molecular complexity index is 1220. The van der Waals surface area contributed by atoms with Gasteiger partial charge in [0.15, 0.2) is 11.5 Å². The van der Waals surface area contributed by atoms with Gasteiger partial charge in [-0.2, -0.15) is 0 Å². The number of pyridine rings is 1. The average Bonchev–Trinajstić information content (AvgIpc) is 3.07. The zero-order valence-corrected chi connectivity index (χ0v) is 22.0. The minimum Gasteiger partial charge on any atom is -0.493 e. The van der Waals surface area contributed by atoms with Crippen molar-refractivity contribution in [3.8, 4) is 11.5 Å². The number of rotatable bonds is 7. The highest BCUT2D eigenvalue weighted by Crippen LogP contribution is 2.39. The molecule has 2 heterocycles. The van der Waals surface area contributed by atoms with Crippen molar-refractivity contribution in [3.05, 3.63) is 90.6 Å². The molecule has 33 heavy (non-hydrogen) atoms.